The van der Waals surface area contributed by atoms with Crippen LogP contribution in [0.3, 0.4) is 0 Å². The van der Waals surface area contributed by atoms with Crippen molar-refractivity contribution in [3.05, 3.63) is 30.1 Å². The van der Waals surface area contributed by atoms with Gasteiger partial charge < -0.3 is 5.32 Å². The van der Waals surface area contributed by atoms with Crippen molar-refractivity contribution < 1.29 is 0 Å². The molecule has 0 spiro atoms. The minimum Gasteiger partial charge on any atom is -0.314 e. The van der Waals surface area contributed by atoms with Gasteiger partial charge in [0.2, 0.25) is 0 Å². The highest BCUT2D eigenvalue weighted by atomic mass is 15.2. The molecule has 0 bridgehead atoms. The van der Waals surface area contributed by atoms with Gasteiger partial charge in [0, 0.05) is 31.4 Å². The fourth-order valence-electron chi connectivity index (χ4n) is 2.96. The number of rotatable bonds is 5. The molecule has 104 valence electrons. The van der Waals surface area contributed by atoms with Crippen molar-refractivity contribution in [1.82, 2.24) is 15.2 Å². The summed E-state index contributed by atoms with van der Waals surface area (Å²) >= 11 is 0. The lowest BCUT2D eigenvalue weighted by atomic mass is 10.0. The summed E-state index contributed by atoms with van der Waals surface area (Å²) in [7, 11) is 0. The maximum absolute atomic E-state index is 4.48. The first-order valence-corrected chi connectivity index (χ1v) is 7.71. The first-order chi connectivity index (χ1) is 9.33. The third kappa shape index (κ3) is 3.54. The Balaban J connectivity index is 1.46. The summed E-state index contributed by atoms with van der Waals surface area (Å²) in [4.78, 5) is 7.05. The molecule has 0 amide bonds. The number of piperidine rings is 1. The average Bonchev–Trinajstić information content (AvgIpc) is 3.30. The van der Waals surface area contributed by atoms with E-state index < -0.39 is 0 Å². The van der Waals surface area contributed by atoms with Crippen LogP contribution in [0.25, 0.3) is 0 Å². The summed E-state index contributed by atoms with van der Waals surface area (Å²) in [5.41, 5.74) is 1.20. The molecule has 1 aromatic rings. The van der Waals surface area contributed by atoms with E-state index in [2.05, 4.69) is 34.3 Å². The maximum Gasteiger partial charge on any atom is 0.0572 e. The van der Waals surface area contributed by atoms with Crippen LogP contribution in [-0.4, -0.2) is 35.6 Å². The van der Waals surface area contributed by atoms with Crippen molar-refractivity contribution in [2.75, 3.05) is 19.6 Å². The summed E-state index contributed by atoms with van der Waals surface area (Å²) in [6.45, 7) is 5.92. The van der Waals surface area contributed by atoms with Crippen LogP contribution in [0.2, 0.25) is 0 Å². The third-order valence-corrected chi connectivity index (χ3v) is 4.59. The number of hydrogen-bond acceptors (Lipinski definition) is 3. The molecule has 19 heavy (non-hydrogen) atoms. The molecular weight excluding hydrogens is 234 g/mol. The fourth-order valence-corrected chi connectivity index (χ4v) is 2.96. The summed E-state index contributed by atoms with van der Waals surface area (Å²) in [6.07, 6.45) is 7.36. The molecule has 3 heteroatoms. The number of hydrogen-bond donors (Lipinski definition) is 1. The molecule has 3 nitrogen and oxygen atoms in total. The predicted molar refractivity (Wildman–Crippen MR) is 78.0 cm³/mol. The SMILES string of the molecule is CC(c1ccccn1)N1CCC(NCC2CC2)CC1. The van der Waals surface area contributed by atoms with Gasteiger partial charge in [0.1, 0.15) is 0 Å². The molecule has 0 radical (unpaired) electrons. The average molecular weight is 259 g/mol. The molecule has 3 rings (SSSR count). The first kappa shape index (κ1) is 13.1. The van der Waals surface area contributed by atoms with Gasteiger partial charge in [-0.05, 0) is 57.2 Å². The highest BCUT2D eigenvalue weighted by Gasteiger charge is 2.26. The van der Waals surface area contributed by atoms with E-state index in [0.29, 0.717) is 6.04 Å². The van der Waals surface area contributed by atoms with Gasteiger partial charge in [-0.2, -0.15) is 0 Å². The predicted octanol–water partition coefficient (Wildman–Crippen LogP) is 2.61. The Bertz CT molecular complexity index is 380. The van der Waals surface area contributed by atoms with Crippen LogP contribution in [0.1, 0.15) is 44.3 Å². The van der Waals surface area contributed by atoms with Crippen molar-refractivity contribution in [1.29, 1.82) is 0 Å². The second-order valence-electron chi connectivity index (χ2n) is 6.09. The zero-order valence-corrected chi connectivity index (χ0v) is 11.9. The molecule has 1 aliphatic carbocycles. The number of likely N-dealkylation sites (tertiary alicyclic amines) is 1. The number of nitrogens with zero attached hydrogens (tertiary/aromatic N) is 2. The lowest BCUT2D eigenvalue weighted by Crippen LogP contribution is -2.44. The minimum absolute atomic E-state index is 0.450. The summed E-state index contributed by atoms with van der Waals surface area (Å²) in [5, 5.41) is 3.74. The third-order valence-electron chi connectivity index (χ3n) is 4.59. The van der Waals surface area contributed by atoms with E-state index in [-0.39, 0.29) is 0 Å². The van der Waals surface area contributed by atoms with Gasteiger partial charge in [-0.25, -0.2) is 0 Å². The van der Waals surface area contributed by atoms with Gasteiger partial charge in [0.15, 0.2) is 0 Å². The zero-order valence-electron chi connectivity index (χ0n) is 11.9. The second kappa shape index (κ2) is 6.02. The largest absolute Gasteiger partial charge is 0.314 e. The van der Waals surface area contributed by atoms with Gasteiger partial charge in [-0.15, -0.1) is 0 Å². The van der Waals surface area contributed by atoms with E-state index in [0.717, 1.165) is 12.0 Å². The van der Waals surface area contributed by atoms with Crippen molar-refractivity contribution >= 4 is 0 Å². The van der Waals surface area contributed by atoms with E-state index in [1.165, 1.54) is 51.0 Å². The summed E-state index contributed by atoms with van der Waals surface area (Å²) in [5.74, 6) is 0.991. The van der Waals surface area contributed by atoms with Crippen LogP contribution < -0.4 is 5.32 Å². The highest BCUT2D eigenvalue weighted by Crippen LogP contribution is 2.28. The molecule has 2 heterocycles. The topological polar surface area (TPSA) is 28.2 Å². The van der Waals surface area contributed by atoms with Crippen LogP contribution in [0.15, 0.2) is 24.4 Å². The maximum atomic E-state index is 4.48. The molecule has 1 saturated heterocycles. The molecule has 1 saturated carbocycles. The molecule has 1 aliphatic heterocycles. The normalized spacial score (nSPS) is 23.4. The number of aromatic nitrogens is 1. The van der Waals surface area contributed by atoms with E-state index in [4.69, 9.17) is 0 Å². The minimum atomic E-state index is 0.450. The van der Waals surface area contributed by atoms with Crippen LogP contribution in [0, 0.1) is 5.92 Å². The molecule has 2 fully saturated rings. The highest BCUT2D eigenvalue weighted by molar-refractivity contribution is 5.08. The van der Waals surface area contributed by atoms with Gasteiger partial charge in [0.25, 0.3) is 0 Å². The Hall–Kier alpha value is -0.930. The fraction of sp³-hybridized carbons (Fsp3) is 0.688. The van der Waals surface area contributed by atoms with Crippen LogP contribution in [-0.2, 0) is 0 Å². The lowest BCUT2D eigenvalue weighted by molar-refractivity contribution is 0.150. The lowest BCUT2D eigenvalue weighted by Gasteiger charge is -2.36. The van der Waals surface area contributed by atoms with Crippen LogP contribution in [0.4, 0.5) is 0 Å². The summed E-state index contributed by atoms with van der Waals surface area (Å²) in [6, 6.07) is 7.41. The molecule has 1 aromatic heterocycles. The van der Waals surface area contributed by atoms with Crippen LogP contribution in [0.5, 0.6) is 0 Å². The van der Waals surface area contributed by atoms with Gasteiger partial charge >= 0.3 is 0 Å². The Kier molecular flexibility index (Phi) is 4.14. The summed E-state index contributed by atoms with van der Waals surface area (Å²) < 4.78 is 0. The van der Waals surface area contributed by atoms with Crippen LogP contribution >= 0.6 is 0 Å². The first-order valence-electron chi connectivity index (χ1n) is 7.71. The van der Waals surface area contributed by atoms with Gasteiger partial charge in [-0.1, -0.05) is 6.07 Å². The van der Waals surface area contributed by atoms with Crippen molar-refractivity contribution in [3.8, 4) is 0 Å². The zero-order chi connectivity index (χ0) is 13.1. The monoisotopic (exact) mass is 259 g/mol. The molecule has 1 atom stereocenters. The van der Waals surface area contributed by atoms with Crippen molar-refractivity contribution in [3.63, 3.8) is 0 Å². The van der Waals surface area contributed by atoms with E-state index in [1.807, 2.05) is 12.3 Å². The van der Waals surface area contributed by atoms with E-state index in [1.54, 1.807) is 0 Å². The smallest absolute Gasteiger partial charge is 0.0572 e. The van der Waals surface area contributed by atoms with Gasteiger partial charge in [0.05, 0.1) is 5.69 Å². The number of pyridine rings is 1. The molecular formula is C16H25N3. The van der Waals surface area contributed by atoms with E-state index >= 15 is 0 Å². The van der Waals surface area contributed by atoms with Crippen molar-refractivity contribution in [2.24, 2.45) is 5.92 Å². The Labute approximate surface area is 116 Å². The Morgan fingerprint density at radius 2 is 2.05 bits per heavy atom. The molecule has 1 N–H and O–H groups in total. The van der Waals surface area contributed by atoms with E-state index in [9.17, 15) is 0 Å². The second-order valence-corrected chi connectivity index (χ2v) is 6.09. The van der Waals surface area contributed by atoms with Crippen molar-refractivity contribution in [2.45, 2.75) is 44.7 Å². The van der Waals surface area contributed by atoms with Gasteiger partial charge in [-0.3, -0.25) is 9.88 Å². The Morgan fingerprint density at radius 1 is 1.26 bits per heavy atom. The molecule has 0 aromatic carbocycles. The quantitative estimate of drug-likeness (QED) is 0.881. The molecule has 1 unspecified atom stereocenters. The Morgan fingerprint density at radius 3 is 2.68 bits per heavy atom. The standard InChI is InChI=1S/C16H25N3/c1-13(16-4-2-3-9-17-16)19-10-7-15(8-11-19)18-12-14-5-6-14/h2-4,9,13-15,18H,5-8,10-12H2,1H3. The molecule has 2 aliphatic rings. The number of nitrogens with one attached hydrogen (secondary N) is 1.